The number of rotatable bonds is 0. The van der Waals surface area contributed by atoms with Gasteiger partial charge < -0.3 is 0 Å². The summed E-state index contributed by atoms with van der Waals surface area (Å²) >= 11 is 0. The third kappa shape index (κ3) is 1.55. The Morgan fingerprint density at radius 1 is 0.545 bits per heavy atom. The normalized spacial score (nSPS) is 13.1. The van der Waals surface area contributed by atoms with Crippen molar-refractivity contribution in [1.82, 2.24) is 0 Å². The van der Waals surface area contributed by atoms with Gasteiger partial charge in [0, 0.05) is 12.1 Å². The van der Waals surface area contributed by atoms with Gasteiger partial charge in [-0.05, 0) is 22.9 Å². The molecule has 2 aromatic carbocycles. The Bertz CT molecular complexity index is 949. The Morgan fingerprint density at radius 2 is 1.00 bits per heavy atom. The number of benzene rings is 2. The molecule has 0 bridgehead atoms. The Balaban J connectivity index is 2.00. The largest absolute Gasteiger partial charge is 0.286 e. The van der Waals surface area contributed by atoms with Crippen LogP contribution in [0.25, 0.3) is 32.9 Å². The number of hydrogen-bond donors (Lipinski definition) is 0. The fraction of sp³-hybridized carbons (Fsp3) is 0.100. The van der Waals surface area contributed by atoms with E-state index in [-0.39, 0.29) is 0 Å². The van der Waals surface area contributed by atoms with E-state index in [9.17, 15) is 0 Å². The summed E-state index contributed by atoms with van der Waals surface area (Å²) in [6.45, 7) is 2.05. The molecule has 0 unspecified atom stereocenters. The van der Waals surface area contributed by atoms with Crippen LogP contribution in [0, 0.1) is 0 Å². The molecular formula is C20H16N2+2. The first-order valence-electron chi connectivity index (χ1n) is 7.74. The number of aromatic nitrogens is 2. The predicted octanol–water partition coefficient (Wildman–Crippen LogP) is 3.25. The highest BCUT2D eigenvalue weighted by Crippen LogP contribution is 2.29. The highest BCUT2D eigenvalue weighted by molar-refractivity contribution is 5.99. The van der Waals surface area contributed by atoms with Gasteiger partial charge in [0.2, 0.25) is 13.1 Å². The van der Waals surface area contributed by atoms with Gasteiger partial charge >= 0.3 is 0 Å². The number of pyridine rings is 2. The van der Waals surface area contributed by atoms with Crippen LogP contribution in [0.2, 0.25) is 0 Å². The fourth-order valence-electron chi connectivity index (χ4n) is 3.63. The molecule has 0 N–H and O–H groups in total. The molecule has 2 nitrogen and oxygen atoms in total. The highest BCUT2D eigenvalue weighted by atomic mass is 15.1. The standard InChI is InChI=1S/C20H16N2/c1-3-7-17-15(5-1)9-11-21-13-14-22-12-10-16-6-2-4-8-18(16)20(22)19(17)21/h1-12H,13-14H2/q+2. The molecule has 0 aliphatic carbocycles. The second-order valence-corrected chi connectivity index (χ2v) is 5.89. The molecule has 0 radical (unpaired) electrons. The van der Waals surface area contributed by atoms with Crippen LogP contribution in [-0.2, 0) is 13.1 Å². The van der Waals surface area contributed by atoms with Crippen LogP contribution < -0.4 is 9.13 Å². The smallest absolute Gasteiger partial charge is 0.186 e. The van der Waals surface area contributed by atoms with E-state index in [1.54, 1.807) is 0 Å². The Kier molecular flexibility index (Phi) is 2.36. The lowest BCUT2D eigenvalue weighted by Crippen LogP contribution is -2.53. The Morgan fingerprint density at radius 3 is 1.50 bits per heavy atom. The molecule has 0 saturated heterocycles. The quantitative estimate of drug-likeness (QED) is 0.438. The molecule has 1 aliphatic heterocycles. The van der Waals surface area contributed by atoms with Crippen LogP contribution in [-0.4, -0.2) is 0 Å². The van der Waals surface area contributed by atoms with E-state index in [0.29, 0.717) is 0 Å². The predicted molar refractivity (Wildman–Crippen MR) is 87.3 cm³/mol. The van der Waals surface area contributed by atoms with Crippen LogP contribution in [0.3, 0.4) is 0 Å². The van der Waals surface area contributed by atoms with Crippen molar-refractivity contribution in [1.29, 1.82) is 0 Å². The lowest BCUT2D eigenvalue weighted by atomic mass is 10.0. The molecule has 22 heavy (non-hydrogen) atoms. The van der Waals surface area contributed by atoms with Crippen molar-refractivity contribution < 1.29 is 9.13 Å². The maximum atomic E-state index is 2.39. The van der Waals surface area contributed by atoms with Crippen LogP contribution in [0.4, 0.5) is 0 Å². The third-order valence-corrected chi connectivity index (χ3v) is 4.68. The maximum Gasteiger partial charge on any atom is 0.286 e. The van der Waals surface area contributed by atoms with Crippen molar-refractivity contribution in [3.8, 4) is 11.4 Å². The molecule has 2 heteroatoms. The van der Waals surface area contributed by atoms with E-state index in [1.165, 1.54) is 32.9 Å². The highest BCUT2D eigenvalue weighted by Gasteiger charge is 2.33. The van der Waals surface area contributed by atoms with E-state index in [1.807, 2.05) is 0 Å². The molecule has 4 aromatic rings. The Hall–Kier alpha value is -2.74. The van der Waals surface area contributed by atoms with Crippen molar-refractivity contribution >= 4 is 21.5 Å². The van der Waals surface area contributed by atoms with Crippen molar-refractivity contribution in [2.45, 2.75) is 13.1 Å². The summed E-state index contributed by atoms with van der Waals surface area (Å²) in [4.78, 5) is 0. The van der Waals surface area contributed by atoms with Gasteiger partial charge in [-0.3, -0.25) is 0 Å². The van der Waals surface area contributed by atoms with Crippen LogP contribution in [0.5, 0.6) is 0 Å². The van der Waals surface area contributed by atoms with Crippen LogP contribution >= 0.6 is 0 Å². The molecule has 1 aliphatic rings. The van der Waals surface area contributed by atoms with Gasteiger partial charge in [0.1, 0.15) is 0 Å². The number of fused-ring (bicyclic) bond motifs is 7. The summed E-state index contributed by atoms with van der Waals surface area (Å²) in [6.07, 6.45) is 4.45. The third-order valence-electron chi connectivity index (χ3n) is 4.68. The molecule has 0 spiro atoms. The SMILES string of the molecule is c1ccc2c3[n+](ccc2c1)CC[n+]1ccc2ccccc2c1-3. The van der Waals surface area contributed by atoms with Crippen molar-refractivity contribution in [2.75, 3.05) is 0 Å². The molecular weight excluding hydrogens is 268 g/mol. The molecule has 0 amide bonds. The van der Waals surface area contributed by atoms with E-state index >= 15 is 0 Å². The molecule has 104 valence electrons. The zero-order valence-electron chi connectivity index (χ0n) is 12.2. The zero-order chi connectivity index (χ0) is 14.5. The topological polar surface area (TPSA) is 7.76 Å². The van der Waals surface area contributed by atoms with E-state index in [0.717, 1.165) is 13.1 Å². The minimum atomic E-state index is 1.02. The minimum absolute atomic E-state index is 1.02. The van der Waals surface area contributed by atoms with E-state index in [4.69, 9.17) is 0 Å². The van der Waals surface area contributed by atoms with Crippen LogP contribution in [0.15, 0.2) is 73.1 Å². The second kappa shape index (κ2) is 4.38. The zero-order valence-corrected chi connectivity index (χ0v) is 12.2. The monoisotopic (exact) mass is 284 g/mol. The average molecular weight is 284 g/mol. The van der Waals surface area contributed by atoms with Crippen LogP contribution in [0.1, 0.15) is 0 Å². The summed E-state index contributed by atoms with van der Waals surface area (Å²) < 4.78 is 4.79. The maximum absolute atomic E-state index is 2.39. The molecule has 2 aromatic heterocycles. The summed E-state index contributed by atoms with van der Waals surface area (Å²) in [7, 11) is 0. The molecule has 5 rings (SSSR count). The number of nitrogens with zero attached hydrogens (tertiary/aromatic N) is 2. The minimum Gasteiger partial charge on any atom is -0.186 e. The van der Waals surface area contributed by atoms with Crippen molar-refractivity contribution in [3.05, 3.63) is 73.1 Å². The summed E-state index contributed by atoms with van der Waals surface area (Å²) in [5.74, 6) is 0. The fourth-order valence-corrected chi connectivity index (χ4v) is 3.63. The van der Waals surface area contributed by atoms with Crippen molar-refractivity contribution in [2.24, 2.45) is 0 Å². The second-order valence-electron chi connectivity index (χ2n) is 5.89. The van der Waals surface area contributed by atoms with Crippen molar-refractivity contribution in [3.63, 3.8) is 0 Å². The summed E-state index contributed by atoms with van der Waals surface area (Å²) in [6, 6.07) is 21.8. The first-order valence-corrected chi connectivity index (χ1v) is 7.74. The van der Waals surface area contributed by atoms with E-state index < -0.39 is 0 Å². The van der Waals surface area contributed by atoms with Gasteiger partial charge in [-0.1, -0.05) is 36.4 Å². The lowest BCUT2D eigenvalue weighted by molar-refractivity contribution is -0.793. The average Bonchev–Trinajstić information content (AvgIpc) is 2.60. The summed E-state index contributed by atoms with van der Waals surface area (Å²) in [5.41, 5.74) is 2.67. The van der Waals surface area contributed by atoms with Gasteiger partial charge in [-0.15, -0.1) is 0 Å². The number of hydrogen-bond acceptors (Lipinski definition) is 0. The first-order chi connectivity index (χ1) is 10.9. The molecule has 0 saturated carbocycles. The summed E-state index contributed by atoms with van der Waals surface area (Å²) in [5, 5.41) is 5.26. The molecule has 0 fully saturated rings. The number of aryl methyl sites for hydroxylation is 2. The first kappa shape index (κ1) is 11.9. The van der Waals surface area contributed by atoms with Gasteiger partial charge in [-0.25, -0.2) is 0 Å². The van der Waals surface area contributed by atoms with E-state index in [2.05, 4.69) is 82.2 Å². The van der Waals surface area contributed by atoms with Gasteiger partial charge in [0.15, 0.2) is 12.4 Å². The van der Waals surface area contributed by atoms with Gasteiger partial charge in [0.25, 0.3) is 11.4 Å². The van der Waals surface area contributed by atoms with Gasteiger partial charge in [-0.2, -0.15) is 9.13 Å². The lowest BCUT2D eigenvalue weighted by Gasteiger charge is -2.13. The Labute approximate surface area is 128 Å². The molecule has 3 heterocycles. The van der Waals surface area contributed by atoms with Gasteiger partial charge in [0.05, 0.1) is 10.8 Å². The molecule has 0 atom stereocenters.